The summed E-state index contributed by atoms with van der Waals surface area (Å²) < 4.78 is 0. The molecular weight excluding hydrogens is 244 g/mol. The highest BCUT2D eigenvalue weighted by Gasteiger charge is 2.38. The van der Waals surface area contributed by atoms with Crippen molar-refractivity contribution < 1.29 is 0 Å². The summed E-state index contributed by atoms with van der Waals surface area (Å²) >= 11 is 0. The van der Waals surface area contributed by atoms with Gasteiger partial charge in [0.05, 0.1) is 0 Å². The fraction of sp³-hybridized carbons (Fsp3) is 0.667. The van der Waals surface area contributed by atoms with Gasteiger partial charge in [-0.15, -0.1) is 0 Å². The van der Waals surface area contributed by atoms with E-state index >= 15 is 0 Å². The van der Waals surface area contributed by atoms with Crippen LogP contribution < -0.4 is 0 Å². The fourth-order valence-electron chi connectivity index (χ4n) is 4.17. The van der Waals surface area contributed by atoms with Gasteiger partial charge in [0.1, 0.15) is 0 Å². The van der Waals surface area contributed by atoms with E-state index in [1.807, 2.05) is 0 Å². The molecule has 0 spiro atoms. The number of nitrogens with zero attached hydrogens (tertiary/aromatic N) is 2. The van der Waals surface area contributed by atoms with E-state index in [1.165, 1.54) is 50.9 Å². The van der Waals surface area contributed by atoms with E-state index in [0.717, 1.165) is 12.1 Å². The Morgan fingerprint density at radius 2 is 1.85 bits per heavy atom. The molecule has 0 aliphatic carbocycles. The third kappa shape index (κ3) is 2.64. The Morgan fingerprint density at radius 1 is 1.10 bits per heavy atom. The average molecular weight is 272 g/mol. The van der Waals surface area contributed by atoms with E-state index < -0.39 is 0 Å². The van der Waals surface area contributed by atoms with Crippen LogP contribution in [-0.2, 0) is 0 Å². The van der Waals surface area contributed by atoms with Crippen LogP contribution in [0.5, 0.6) is 0 Å². The molecule has 1 aromatic rings. The maximum absolute atomic E-state index is 2.81. The Hall–Kier alpha value is -0.860. The fourth-order valence-corrected chi connectivity index (χ4v) is 4.17. The smallest absolute Gasteiger partial charge is 0.0478 e. The number of benzene rings is 1. The molecule has 3 rings (SSSR count). The lowest BCUT2D eigenvalue weighted by atomic mass is 9.96. The van der Waals surface area contributed by atoms with Crippen molar-refractivity contribution >= 4 is 0 Å². The predicted octanol–water partition coefficient (Wildman–Crippen LogP) is 3.70. The molecule has 0 amide bonds. The molecule has 0 saturated carbocycles. The molecular formula is C18H28N2. The standard InChI is InChI=1S/C18H28N2/c1-3-16(4-2)20-13-17-11-8-12-19(17)14-18(20)15-9-6-5-7-10-15/h5-7,9-10,16-18H,3-4,8,11-14H2,1-2H3. The van der Waals surface area contributed by atoms with Crippen LogP contribution in [-0.4, -0.2) is 41.5 Å². The Bertz CT molecular complexity index is 413. The molecule has 0 bridgehead atoms. The van der Waals surface area contributed by atoms with Gasteiger partial charge in [0.2, 0.25) is 0 Å². The minimum atomic E-state index is 0.593. The van der Waals surface area contributed by atoms with E-state index in [1.54, 1.807) is 0 Å². The molecule has 0 radical (unpaired) electrons. The molecule has 1 aromatic carbocycles. The van der Waals surface area contributed by atoms with E-state index in [0.29, 0.717) is 6.04 Å². The first-order valence-corrected chi connectivity index (χ1v) is 8.38. The van der Waals surface area contributed by atoms with Crippen LogP contribution in [0.4, 0.5) is 0 Å². The van der Waals surface area contributed by atoms with E-state index in [4.69, 9.17) is 0 Å². The topological polar surface area (TPSA) is 6.48 Å². The zero-order chi connectivity index (χ0) is 13.9. The maximum atomic E-state index is 2.81. The molecule has 110 valence electrons. The number of hydrogen-bond acceptors (Lipinski definition) is 2. The van der Waals surface area contributed by atoms with Crippen molar-refractivity contribution in [3.63, 3.8) is 0 Å². The van der Waals surface area contributed by atoms with Gasteiger partial charge in [0.15, 0.2) is 0 Å². The van der Waals surface area contributed by atoms with Gasteiger partial charge in [0.25, 0.3) is 0 Å². The quantitative estimate of drug-likeness (QED) is 0.824. The SMILES string of the molecule is CCC(CC)N1CC2CCCN2CC1c1ccccc1. The van der Waals surface area contributed by atoms with Gasteiger partial charge in [-0.25, -0.2) is 0 Å². The molecule has 0 N–H and O–H groups in total. The molecule has 2 atom stereocenters. The van der Waals surface area contributed by atoms with Gasteiger partial charge in [-0.1, -0.05) is 44.2 Å². The second kappa shape index (κ2) is 6.28. The molecule has 2 heterocycles. The van der Waals surface area contributed by atoms with Crippen LogP contribution in [0.2, 0.25) is 0 Å². The summed E-state index contributed by atoms with van der Waals surface area (Å²) in [7, 11) is 0. The third-order valence-corrected chi connectivity index (χ3v) is 5.32. The highest BCUT2D eigenvalue weighted by atomic mass is 15.3. The lowest BCUT2D eigenvalue weighted by Gasteiger charge is -2.47. The van der Waals surface area contributed by atoms with Crippen LogP contribution in [0.1, 0.15) is 51.1 Å². The van der Waals surface area contributed by atoms with Gasteiger partial charge < -0.3 is 0 Å². The molecule has 2 unspecified atom stereocenters. The normalized spacial score (nSPS) is 27.9. The molecule has 2 aliphatic heterocycles. The lowest BCUT2D eigenvalue weighted by molar-refractivity contribution is 0.0163. The second-order valence-corrected chi connectivity index (χ2v) is 6.38. The number of piperazine rings is 1. The molecule has 2 aliphatic rings. The molecule has 2 fully saturated rings. The highest BCUT2D eigenvalue weighted by molar-refractivity contribution is 5.21. The van der Waals surface area contributed by atoms with Crippen molar-refractivity contribution in [3.05, 3.63) is 35.9 Å². The van der Waals surface area contributed by atoms with Crippen LogP contribution in [0.25, 0.3) is 0 Å². The Morgan fingerprint density at radius 3 is 2.55 bits per heavy atom. The van der Waals surface area contributed by atoms with Gasteiger partial charge in [-0.2, -0.15) is 0 Å². The molecule has 2 nitrogen and oxygen atoms in total. The third-order valence-electron chi connectivity index (χ3n) is 5.32. The number of rotatable bonds is 4. The molecule has 2 saturated heterocycles. The summed E-state index contributed by atoms with van der Waals surface area (Å²) in [6.07, 6.45) is 5.33. The van der Waals surface area contributed by atoms with Crippen molar-refractivity contribution in [2.45, 2.75) is 57.7 Å². The summed E-state index contributed by atoms with van der Waals surface area (Å²) in [5, 5.41) is 0. The largest absolute Gasteiger partial charge is 0.297 e. The molecule has 2 heteroatoms. The van der Waals surface area contributed by atoms with Crippen molar-refractivity contribution in [2.75, 3.05) is 19.6 Å². The summed E-state index contributed by atoms with van der Waals surface area (Å²) in [6, 6.07) is 13.3. The van der Waals surface area contributed by atoms with Crippen LogP contribution >= 0.6 is 0 Å². The summed E-state index contributed by atoms with van der Waals surface area (Å²) in [5.41, 5.74) is 1.50. The van der Waals surface area contributed by atoms with Crippen molar-refractivity contribution in [1.82, 2.24) is 9.80 Å². The average Bonchev–Trinajstić information content (AvgIpc) is 2.96. The highest BCUT2D eigenvalue weighted by Crippen LogP contribution is 2.34. The van der Waals surface area contributed by atoms with E-state index in [9.17, 15) is 0 Å². The Balaban J connectivity index is 1.86. The zero-order valence-electron chi connectivity index (χ0n) is 13.0. The minimum Gasteiger partial charge on any atom is -0.297 e. The summed E-state index contributed by atoms with van der Waals surface area (Å²) in [6.45, 7) is 8.50. The first-order valence-electron chi connectivity index (χ1n) is 8.38. The van der Waals surface area contributed by atoms with Gasteiger partial charge in [-0.05, 0) is 37.8 Å². The zero-order valence-corrected chi connectivity index (χ0v) is 13.0. The van der Waals surface area contributed by atoms with Crippen LogP contribution in [0, 0.1) is 0 Å². The second-order valence-electron chi connectivity index (χ2n) is 6.38. The molecule has 20 heavy (non-hydrogen) atoms. The number of fused-ring (bicyclic) bond motifs is 1. The lowest BCUT2D eigenvalue weighted by Crippen LogP contribution is -2.54. The van der Waals surface area contributed by atoms with E-state index in [-0.39, 0.29) is 0 Å². The minimum absolute atomic E-state index is 0.593. The van der Waals surface area contributed by atoms with Crippen LogP contribution in [0.3, 0.4) is 0 Å². The van der Waals surface area contributed by atoms with E-state index in [2.05, 4.69) is 54.0 Å². The van der Waals surface area contributed by atoms with Crippen molar-refractivity contribution in [2.24, 2.45) is 0 Å². The Kier molecular flexibility index (Phi) is 4.42. The van der Waals surface area contributed by atoms with Gasteiger partial charge in [-0.3, -0.25) is 9.80 Å². The van der Waals surface area contributed by atoms with Crippen LogP contribution in [0.15, 0.2) is 30.3 Å². The van der Waals surface area contributed by atoms with Crippen molar-refractivity contribution in [3.8, 4) is 0 Å². The first-order chi connectivity index (χ1) is 9.83. The number of hydrogen-bond donors (Lipinski definition) is 0. The maximum Gasteiger partial charge on any atom is 0.0478 e. The monoisotopic (exact) mass is 272 g/mol. The van der Waals surface area contributed by atoms with Gasteiger partial charge >= 0.3 is 0 Å². The Labute approximate surface area is 123 Å². The first kappa shape index (κ1) is 14.1. The summed E-state index contributed by atoms with van der Waals surface area (Å²) in [4.78, 5) is 5.54. The predicted molar refractivity (Wildman–Crippen MR) is 84.9 cm³/mol. The molecule has 0 aromatic heterocycles. The summed E-state index contributed by atoms with van der Waals surface area (Å²) in [5.74, 6) is 0. The van der Waals surface area contributed by atoms with Crippen molar-refractivity contribution in [1.29, 1.82) is 0 Å². The van der Waals surface area contributed by atoms with Gasteiger partial charge in [0, 0.05) is 31.2 Å².